The van der Waals surface area contributed by atoms with Gasteiger partial charge in [0.2, 0.25) is 5.91 Å². The van der Waals surface area contributed by atoms with Gasteiger partial charge in [0.05, 0.1) is 24.8 Å². The summed E-state index contributed by atoms with van der Waals surface area (Å²) in [6, 6.07) is 18.2. The number of carbonyl (C=O) groups is 2. The molecule has 2 aromatic carbocycles. The second kappa shape index (κ2) is 7.82. The normalized spacial score (nSPS) is 16.2. The predicted octanol–water partition coefficient (Wildman–Crippen LogP) is 4.32. The summed E-state index contributed by atoms with van der Waals surface area (Å²) in [4.78, 5) is 26.9. The molecule has 1 aromatic heterocycles. The van der Waals surface area contributed by atoms with Crippen LogP contribution in [0.4, 0.5) is 11.4 Å². The topological polar surface area (TPSA) is 71.8 Å². The third kappa shape index (κ3) is 3.36. The van der Waals surface area contributed by atoms with Gasteiger partial charge in [0, 0.05) is 11.3 Å². The lowest BCUT2D eigenvalue weighted by Gasteiger charge is -2.27. The van der Waals surface area contributed by atoms with Gasteiger partial charge in [-0.05, 0) is 30.3 Å². The Hall–Kier alpha value is -3.19. The van der Waals surface area contributed by atoms with E-state index >= 15 is 0 Å². The lowest BCUT2D eigenvalue weighted by atomic mass is 10.1. The summed E-state index contributed by atoms with van der Waals surface area (Å²) in [5, 5.41) is 2.61. The van der Waals surface area contributed by atoms with Crippen LogP contribution < -0.4 is 15.0 Å². The molecule has 1 aliphatic heterocycles. The Labute approximate surface area is 166 Å². The van der Waals surface area contributed by atoms with Crippen LogP contribution in [0.2, 0.25) is 0 Å². The summed E-state index contributed by atoms with van der Waals surface area (Å²) in [6.07, 6.45) is 1.45. The molecule has 7 heteroatoms. The first kappa shape index (κ1) is 18.2. The standard InChI is InChI=1S/C21H18N2O4S/c1-26-17-10-5-4-9-16(17)23-19(24)13-28-21(23)14-7-2-3-8-15(14)22-20(25)18-11-6-12-27-18/h2-12,21H,13H2,1H3,(H,22,25). The summed E-state index contributed by atoms with van der Waals surface area (Å²) in [7, 11) is 1.58. The maximum Gasteiger partial charge on any atom is 0.291 e. The van der Waals surface area contributed by atoms with Crippen LogP contribution in [0.3, 0.4) is 0 Å². The Kier molecular flexibility index (Phi) is 5.08. The smallest absolute Gasteiger partial charge is 0.291 e. The van der Waals surface area contributed by atoms with Crippen LogP contribution in [0.15, 0.2) is 71.3 Å². The van der Waals surface area contributed by atoms with E-state index in [0.717, 1.165) is 5.56 Å². The number of hydrogen-bond donors (Lipinski definition) is 1. The molecular formula is C21H18N2O4S. The second-order valence-electron chi connectivity index (χ2n) is 6.12. The number of para-hydroxylation sites is 3. The van der Waals surface area contributed by atoms with Gasteiger partial charge < -0.3 is 14.5 Å². The van der Waals surface area contributed by atoms with Crippen molar-refractivity contribution in [2.24, 2.45) is 0 Å². The molecule has 1 unspecified atom stereocenters. The van der Waals surface area contributed by atoms with Gasteiger partial charge in [0.15, 0.2) is 5.76 Å². The summed E-state index contributed by atoms with van der Waals surface area (Å²) in [5.41, 5.74) is 2.18. The molecule has 1 N–H and O–H groups in total. The van der Waals surface area contributed by atoms with Crippen LogP contribution >= 0.6 is 11.8 Å². The van der Waals surface area contributed by atoms with Crippen LogP contribution in [-0.2, 0) is 4.79 Å². The molecule has 28 heavy (non-hydrogen) atoms. The van der Waals surface area contributed by atoms with Crippen molar-refractivity contribution in [2.45, 2.75) is 5.37 Å². The maximum atomic E-state index is 12.7. The van der Waals surface area contributed by atoms with E-state index in [2.05, 4.69) is 5.32 Å². The van der Waals surface area contributed by atoms with E-state index < -0.39 is 0 Å². The van der Waals surface area contributed by atoms with Crippen LogP contribution in [0.25, 0.3) is 0 Å². The molecule has 0 radical (unpaired) electrons. The van der Waals surface area contributed by atoms with Crippen LogP contribution in [0, 0.1) is 0 Å². The first-order chi connectivity index (χ1) is 13.7. The van der Waals surface area contributed by atoms with E-state index in [1.165, 1.54) is 18.0 Å². The fourth-order valence-electron chi connectivity index (χ4n) is 3.16. The number of methoxy groups -OCH3 is 1. The number of thioether (sulfide) groups is 1. The van der Waals surface area contributed by atoms with Gasteiger partial charge >= 0.3 is 0 Å². The first-order valence-corrected chi connectivity index (χ1v) is 9.74. The molecule has 6 nitrogen and oxygen atoms in total. The highest BCUT2D eigenvalue weighted by atomic mass is 32.2. The predicted molar refractivity (Wildman–Crippen MR) is 109 cm³/mol. The van der Waals surface area contributed by atoms with Gasteiger partial charge in [-0.1, -0.05) is 30.3 Å². The monoisotopic (exact) mass is 394 g/mol. The van der Waals surface area contributed by atoms with E-state index in [1.807, 2.05) is 48.5 Å². The maximum absolute atomic E-state index is 12.7. The number of rotatable bonds is 5. The molecule has 0 aliphatic carbocycles. The first-order valence-electron chi connectivity index (χ1n) is 8.69. The number of nitrogens with one attached hydrogen (secondary N) is 1. The van der Waals surface area contributed by atoms with E-state index in [0.29, 0.717) is 22.9 Å². The zero-order chi connectivity index (χ0) is 19.5. The van der Waals surface area contributed by atoms with Crippen molar-refractivity contribution in [3.05, 3.63) is 78.3 Å². The zero-order valence-electron chi connectivity index (χ0n) is 15.1. The Morgan fingerprint density at radius 1 is 1.14 bits per heavy atom. The van der Waals surface area contributed by atoms with E-state index in [9.17, 15) is 9.59 Å². The van der Waals surface area contributed by atoms with Crippen molar-refractivity contribution >= 4 is 35.0 Å². The molecule has 2 amide bonds. The molecule has 0 spiro atoms. The largest absolute Gasteiger partial charge is 0.495 e. The highest BCUT2D eigenvalue weighted by Crippen LogP contribution is 2.46. The number of ether oxygens (including phenoxy) is 1. The molecule has 0 saturated carbocycles. The average molecular weight is 394 g/mol. The lowest BCUT2D eigenvalue weighted by Crippen LogP contribution is -2.29. The zero-order valence-corrected chi connectivity index (χ0v) is 15.9. The van der Waals surface area contributed by atoms with Crippen LogP contribution in [-0.4, -0.2) is 24.7 Å². The van der Waals surface area contributed by atoms with Crippen molar-refractivity contribution in [1.29, 1.82) is 0 Å². The SMILES string of the molecule is COc1ccccc1N1C(=O)CSC1c1ccccc1NC(=O)c1ccco1. The molecule has 3 aromatic rings. The number of hydrogen-bond acceptors (Lipinski definition) is 5. The van der Waals surface area contributed by atoms with Crippen LogP contribution in [0.1, 0.15) is 21.5 Å². The number of carbonyl (C=O) groups excluding carboxylic acids is 2. The minimum Gasteiger partial charge on any atom is -0.495 e. The molecular weight excluding hydrogens is 376 g/mol. The van der Waals surface area contributed by atoms with Gasteiger partial charge in [-0.25, -0.2) is 0 Å². The highest BCUT2D eigenvalue weighted by Gasteiger charge is 2.36. The van der Waals surface area contributed by atoms with E-state index in [-0.39, 0.29) is 22.9 Å². The molecule has 1 saturated heterocycles. The van der Waals surface area contributed by atoms with Gasteiger partial charge in [0.25, 0.3) is 5.91 Å². The lowest BCUT2D eigenvalue weighted by molar-refractivity contribution is -0.115. The molecule has 2 heterocycles. The van der Waals surface area contributed by atoms with Gasteiger partial charge in [-0.3, -0.25) is 14.5 Å². The quantitative estimate of drug-likeness (QED) is 0.698. The summed E-state index contributed by atoms with van der Waals surface area (Å²) in [5.74, 6) is 0.859. The van der Waals surface area contributed by atoms with E-state index in [4.69, 9.17) is 9.15 Å². The fraction of sp³-hybridized carbons (Fsp3) is 0.143. The molecule has 1 aliphatic rings. The number of benzene rings is 2. The van der Waals surface area contributed by atoms with Crippen molar-refractivity contribution < 1.29 is 18.7 Å². The summed E-state index contributed by atoms with van der Waals surface area (Å²) in [6.45, 7) is 0. The Balaban J connectivity index is 1.70. The fourth-order valence-corrected chi connectivity index (χ4v) is 4.37. The summed E-state index contributed by atoms with van der Waals surface area (Å²) >= 11 is 1.51. The van der Waals surface area contributed by atoms with Gasteiger partial charge in [-0.2, -0.15) is 0 Å². The third-order valence-electron chi connectivity index (χ3n) is 4.43. The number of anilines is 2. The number of nitrogens with zero attached hydrogens (tertiary/aromatic N) is 1. The van der Waals surface area contributed by atoms with Crippen LogP contribution in [0.5, 0.6) is 5.75 Å². The van der Waals surface area contributed by atoms with Crippen molar-refractivity contribution in [3.63, 3.8) is 0 Å². The number of amides is 2. The Bertz CT molecular complexity index is 1000. The molecule has 1 fully saturated rings. The van der Waals surface area contributed by atoms with E-state index in [1.54, 1.807) is 24.1 Å². The average Bonchev–Trinajstić information content (AvgIpc) is 3.38. The van der Waals surface area contributed by atoms with Crippen molar-refractivity contribution in [3.8, 4) is 5.75 Å². The van der Waals surface area contributed by atoms with Crippen molar-refractivity contribution in [2.75, 3.05) is 23.1 Å². The highest BCUT2D eigenvalue weighted by molar-refractivity contribution is 8.00. The Morgan fingerprint density at radius 3 is 2.71 bits per heavy atom. The minimum absolute atomic E-state index is 0.00772. The van der Waals surface area contributed by atoms with Gasteiger partial charge in [0.1, 0.15) is 11.1 Å². The Morgan fingerprint density at radius 2 is 1.93 bits per heavy atom. The van der Waals surface area contributed by atoms with Crippen molar-refractivity contribution in [1.82, 2.24) is 0 Å². The summed E-state index contributed by atoms with van der Waals surface area (Å²) < 4.78 is 10.6. The molecule has 142 valence electrons. The number of furan rings is 1. The minimum atomic E-state index is -0.337. The third-order valence-corrected chi connectivity index (χ3v) is 5.63. The molecule has 0 bridgehead atoms. The molecule has 1 atom stereocenters. The van der Waals surface area contributed by atoms with Gasteiger partial charge in [-0.15, -0.1) is 11.8 Å². The second-order valence-corrected chi connectivity index (χ2v) is 7.19. The molecule has 4 rings (SSSR count).